The smallest absolute Gasteiger partial charge is 0.0356 e. The lowest BCUT2D eigenvalue weighted by atomic mass is 10.1. The molecule has 1 aliphatic heterocycles. The third-order valence-corrected chi connectivity index (χ3v) is 3.80. The van der Waals surface area contributed by atoms with Crippen molar-refractivity contribution in [2.75, 3.05) is 6.54 Å². The van der Waals surface area contributed by atoms with Gasteiger partial charge in [-0.1, -0.05) is 77.6 Å². The first-order valence-corrected chi connectivity index (χ1v) is 8.38. The summed E-state index contributed by atoms with van der Waals surface area (Å²) in [7, 11) is 0. The fourth-order valence-electron chi connectivity index (χ4n) is 2.54. The van der Waals surface area contributed by atoms with Crippen LogP contribution in [0.4, 0.5) is 0 Å². The molecule has 1 rings (SSSR count). The summed E-state index contributed by atoms with van der Waals surface area (Å²) < 4.78 is 0. The standard InChI is InChI=1S/C16H33N3/c1-2-3-4-5-6-7-8-9-10-11-12-13-15-19-16-14-17-18-19/h14,16-18H,2-13,15H2,1H3. The highest BCUT2D eigenvalue weighted by molar-refractivity contribution is 4.81. The van der Waals surface area contributed by atoms with Crippen LogP contribution >= 0.6 is 0 Å². The summed E-state index contributed by atoms with van der Waals surface area (Å²) in [6.45, 7) is 3.40. The minimum atomic E-state index is 1.11. The summed E-state index contributed by atoms with van der Waals surface area (Å²) in [5.41, 5.74) is 6.03. The Morgan fingerprint density at radius 3 is 1.74 bits per heavy atom. The number of nitrogens with one attached hydrogen (secondary N) is 2. The summed E-state index contributed by atoms with van der Waals surface area (Å²) in [5, 5.41) is 2.11. The molecule has 3 heteroatoms. The van der Waals surface area contributed by atoms with Crippen LogP contribution in [-0.4, -0.2) is 11.6 Å². The van der Waals surface area contributed by atoms with Crippen molar-refractivity contribution in [3.63, 3.8) is 0 Å². The van der Waals surface area contributed by atoms with E-state index in [1.165, 1.54) is 77.0 Å². The van der Waals surface area contributed by atoms with Crippen LogP contribution in [0.25, 0.3) is 0 Å². The molecule has 1 aliphatic rings. The Balaban J connectivity index is 1.68. The van der Waals surface area contributed by atoms with E-state index in [2.05, 4.69) is 29.1 Å². The summed E-state index contributed by atoms with van der Waals surface area (Å²) in [5.74, 6) is 0. The average Bonchev–Trinajstić information content (AvgIpc) is 2.93. The minimum Gasteiger partial charge on any atom is -0.310 e. The lowest BCUT2D eigenvalue weighted by Gasteiger charge is -2.14. The van der Waals surface area contributed by atoms with E-state index < -0.39 is 0 Å². The largest absolute Gasteiger partial charge is 0.310 e. The summed E-state index contributed by atoms with van der Waals surface area (Å²) >= 11 is 0. The first-order valence-electron chi connectivity index (χ1n) is 8.38. The van der Waals surface area contributed by atoms with E-state index in [0.717, 1.165) is 6.54 Å². The van der Waals surface area contributed by atoms with Crippen LogP contribution in [0.5, 0.6) is 0 Å². The van der Waals surface area contributed by atoms with E-state index >= 15 is 0 Å². The zero-order valence-corrected chi connectivity index (χ0v) is 12.8. The molecule has 2 N–H and O–H groups in total. The predicted molar refractivity (Wildman–Crippen MR) is 83.2 cm³/mol. The van der Waals surface area contributed by atoms with Crippen LogP contribution in [0.2, 0.25) is 0 Å². The molecule has 0 aromatic rings. The Hall–Kier alpha value is -0.700. The second-order valence-electron chi connectivity index (χ2n) is 5.65. The van der Waals surface area contributed by atoms with Gasteiger partial charge in [-0.05, 0) is 6.42 Å². The maximum absolute atomic E-state index is 3.07. The van der Waals surface area contributed by atoms with Crippen molar-refractivity contribution in [1.82, 2.24) is 16.0 Å². The maximum Gasteiger partial charge on any atom is 0.0356 e. The predicted octanol–water partition coefficient (Wildman–Crippen LogP) is 4.48. The van der Waals surface area contributed by atoms with Crippen molar-refractivity contribution in [1.29, 1.82) is 0 Å². The zero-order chi connectivity index (χ0) is 13.6. The number of hydrazine groups is 2. The molecular formula is C16H33N3. The van der Waals surface area contributed by atoms with Gasteiger partial charge in [0.05, 0.1) is 0 Å². The van der Waals surface area contributed by atoms with E-state index in [-0.39, 0.29) is 0 Å². The van der Waals surface area contributed by atoms with Gasteiger partial charge in [0.2, 0.25) is 0 Å². The molecule has 112 valence electrons. The van der Waals surface area contributed by atoms with Crippen LogP contribution < -0.4 is 11.0 Å². The Labute approximate surface area is 119 Å². The molecule has 3 nitrogen and oxygen atoms in total. The second kappa shape index (κ2) is 12.3. The Morgan fingerprint density at radius 1 is 0.737 bits per heavy atom. The van der Waals surface area contributed by atoms with Crippen LogP contribution in [-0.2, 0) is 0 Å². The Bertz CT molecular complexity index is 216. The zero-order valence-electron chi connectivity index (χ0n) is 12.8. The molecule has 0 unspecified atom stereocenters. The third-order valence-electron chi connectivity index (χ3n) is 3.80. The number of unbranched alkanes of at least 4 members (excludes halogenated alkanes) is 11. The molecule has 19 heavy (non-hydrogen) atoms. The van der Waals surface area contributed by atoms with Gasteiger partial charge in [-0.15, -0.1) is 5.53 Å². The fraction of sp³-hybridized carbons (Fsp3) is 0.875. The summed E-state index contributed by atoms with van der Waals surface area (Å²) in [6.07, 6.45) is 21.0. The molecule has 0 amide bonds. The van der Waals surface area contributed by atoms with Gasteiger partial charge in [0.1, 0.15) is 0 Å². The van der Waals surface area contributed by atoms with Gasteiger partial charge in [-0.25, -0.2) is 0 Å². The highest BCUT2D eigenvalue weighted by atomic mass is 15.7. The van der Waals surface area contributed by atoms with Crippen molar-refractivity contribution >= 4 is 0 Å². The van der Waals surface area contributed by atoms with Gasteiger partial charge in [0, 0.05) is 18.9 Å². The average molecular weight is 267 g/mol. The molecule has 0 saturated carbocycles. The van der Waals surface area contributed by atoms with Crippen molar-refractivity contribution in [2.24, 2.45) is 0 Å². The molecule has 0 aliphatic carbocycles. The molecule has 0 fully saturated rings. The molecular weight excluding hydrogens is 234 g/mol. The molecule has 0 bridgehead atoms. The lowest BCUT2D eigenvalue weighted by molar-refractivity contribution is 0.265. The highest BCUT2D eigenvalue weighted by Crippen LogP contribution is 2.12. The van der Waals surface area contributed by atoms with Crippen LogP contribution in [0, 0.1) is 0 Å². The number of hydrogen-bond donors (Lipinski definition) is 2. The Morgan fingerprint density at radius 2 is 1.26 bits per heavy atom. The number of nitrogens with zero attached hydrogens (tertiary/aromatic N) is 1. The van der Waals surface area contributed by atoms with Crippen molar-refractivity contribution in [2.45, 2.75) is 84.0 Å². The first kappa shape index (κ1) is 16.4. The van der Waals surface area contributed by atoms with Gasteiger partial charge in [0.25, 0.3) is 0 Å². The van der Waals surface area contributed by atoms with Crippen LogP contribution in [0.3, 0.4) is 0 Å². The molecule has 0 aromatic carbocycles. The van der Waals surface area contributed by atoms with Gasteiger partial charge in [-0.3, -0.25) is 5.01 Å². The summed E-state index contributed by atoms with van der Waals surface area (Å²) in [4.78, 5) is 0. The molecule has 0 aromatic heterocycles. The fourth-order valence-corrected chi connectivity index (χ4v) is 2.54. The maximum atomic E-state index is 3.07. The monoisotopic (exact) mass is 267 g/mol. The van der Waals surface area contributed by atoms with Gasteiger partial charge in [0.15, 0.2) is 0 Å². The third kappa shape index (κ3) is 9.83. The molecule has 0 saturated heterocycles. The molecule has 0 spiro atoms. The second-order valence-corrected chi connectivity index (χ2v) is 5.65. The molecule has 0 atom stereocenters. The quantitative estimate of drug-likeness (QED) is 0.482. The highest BCUT2D eigenvalue weighted by Gasteiger charge is 2.01. The lowest BCUT2D eigenvalue weighted by Crippen LogP contribution is -2.35. The summed E-state index contributed by atoms with van der Waals surface area (Å²) in [6, 6.07) is 0. The minimum absolute atomic E-state index is 1.11. The van der Waals surface area contributed by atoms with Crippen LogP contribution in [0.1, 0.15) is 84.0 Å². The number of hydrogen-bond acceptors (Lipinski definition) is 3. The van der Waals surface area contributed by atoms with E-state index in [9.17, 15) is 0 Å². The van der Waals surface area contributed by atoms with Crippen molar-refractivity contribution in [3.05, 3.63) is 12.4 Å². The van der Waals surface area contributed by atoms with Gasteiger partial charge >= 0.3 is 0 Å². The van der Waals surface area contributed by atoms with E-state index in [0.29, 0.717) is 0 Å². The van der Waals surface area contributed by atoms with Crippen molar-refractivity contribution < 1.29 is 0 Å². The first-order chi connectivity index (χ1) is 9.43. The van der Waals surface area contributed by atoms with Crippen molar-refractivity contribution in [3.8, 4) is 0 Å². The van der Waals surface area contributed by atoms with Gasteiger partial charge < -0.3 is 5.43 Å². The molecule has 0 radical (unpaired) electrons. The SMILES string of the molecule is CCCCCCCCCCCCCCN1C=CNN1. The van der Waals surface area contributed by atoms with E-state index in [4.69, 9.17) is 0 Å². The van der Waals surface area contributed by atoms with Gasteiger partial charge in [-0.2, -0.15) is 0 Å². The molecule has 1 heterocycles. The number of rotatable bonds is 13. The topological polar surface area (TPSA) is 27.3 Å². The van der Waals surface area contributed by atoms with Crippen LogP contribution in [0.15, 0.2) is 12.4 Å². The van der Waals surface area contributed by atoms with E-state index in [1.54, 1.807) is 0 Å². The van der Waals surface area contributed by atoms with E-state index in [1.807, 2.05) is 6.20 Å². The Kier molecular flexibility index (Phi) is 10.6. The normalized spacial score (nSPS) is 14.1.